The Hall–Kier alpha value is -4.21. The van der Waals surface area contributed by atoms with Crippen LogP contribution in [0.15, 0.2) is 67.1 Å². The number of hydrogen-bond donors (Lipinski definition) is 4. The van der Waals surface area contributed by atoms with Crippen molar-refractivity contribution >= 4 is 33.6 Å². The number of aromatic nitrogens is 4. The van der Waals surface area contributed by atoms with E-state index < -0.39 is 6.36 Å². The van der Waals surface area contributed by atoms with E-state index in [1.807, 2.05) is 18.3 Å². The van der Waals surface area contributed by atoms with E-state index in [4.69, 9.17) is 0 Å². The average molecular weight is 466 g/mol. The second-order valence-corrected chi connectivity index (χ2v) is 7.76. The highest BCUT2D eigenvalue weighted by molar-refractivity contribution is 5.84. The lowest BCUT2D eigenvalue weighted by Crippen LogP contribution is -2.17. The van der Waals surface area contributed by atoms with Gasteiger partial charge in [0, 0.05) is 48.1 Å². The van der Waals surface area contributed by atoms with Crippen LogP contribution in [0.4, 0.5) is 24.9 Å². The molecule has 0 spiro atoms. The monoisotopic (exact) mass is 466 g/mol. The van der Waals surface area contributed by atoms with Crippen LogP contribution in [-0.4, -0.2) is 32.8 Å². The SMILES string of the molecule is FC(F)(F)Oc1ccc2[nH]cc(CCNc3nccc(NCc4ccc5[nH]ccc5c4)n3)c2c1. The maximum absolute atomic E-state index is 12.5. The number of benzene rings is 2. The van der Waals surface area contributed by atoms with Gasteiger partial charge in [0.15, 0.2) is 0 Å². The molecule has 3 aromatic heterocycles. The van der Waals surface area contributed by atoms with Gasteiger partial charge in [-0.3, -0.25) is 0 Å². The summed E-state index contributed by atoms with van der Waals surface area (Å²) in [6.45, 7) is 1.13. The Balaban J connectivity index is 1.19. The van der Waals surface area contributed by atoms with Gasteiger partial charge in [0.25, 0.3) is 0 Å². The first-order chi connectivity index (χ1) is 16.4. The maximum Gasteiger partial charge on any atom is 0.573 e. The third-order valence-electron chi connectivity index (χ3n) is 5.40. The first-order valence-corrected chi connectivity index (χ1v) is 10.7. The Kier molecular flexibility index (Phi) is 5.70. The van der Waals surface area contributed by atoms with E-state index in [1.54, 1.807) is 24.5 Å². The van der Waals surface area contributed by atoms with E-state index in [0.717, 1.165) is 27.5 Å². The summed E-state index contributed by atoms with van der Waals surface area (Å²) in [5.41, 5.74) is 3.83. The van der Waals surface area contributed by atoms with Crippen molar-refractivity contribution in [2.45, 2.75) is 19.3 Å². The number of ether oxygens (including phenoxy) is 1. The van der Waals surface area contributed by atoms with Crippen LogP contribution in [0, 0.1) is 0 Å². The molecule has 174 valence electrons. The van der Waals surface area contributed by atoms with Gasteiger partial charge in [-0.25, -0.2) is 4.98 Å². The molecule has 2 aromatic carbocycles. The van der Waals surface area contributed by atoms with Crippen molar-refractivity contribution in [2.75, 3.05) is 17.2 Å². The second kappa shape index (κ2) is 8.97. The zero-order chi connectivity index (χ0) is 23.5. The topological polar surface area (TPSA) is 90.6 Å². The number of halogens is 3. The van der Waals surface area contributed by atoms with Crippen molar-refractivity contribution in [2.24, 2.45) is 0 Å². The summed E-state index contributed by atoms with van der Waals surface area (Å²) in [4.78, 5) is 15.0. The standard InChI is InChI=1S/C24H21F3N6O/c25-24(26,27)34-18-2-4-21-19(12-18)17(14-31-21)6-9-29-23-30-10-7-22(33-23)32-13-15-1-3-20-16(11-15)5-8-28-20/h1-5,7-8,10-12,14,28,31H,6,9,13H2,(H2,29,30,32,33). The van der Waals surface area contributed by atoms with E-state index in [2.05, 4.69) is 47.4 Å². The Labute approximate surface area is 192 Å². The molecule has 5 rings (SSSR count). The molecule has 7 nitrogen and oxygen atoms in total. The molecule has 0 saturated carbocycles. The molecule has 0 fully saturated rings. The number of nitrogens with one attached hydrogen (secondary N) is 4. The molecule has 0 aliphatic heterocycles. The van der Waals surface area contributed by atoms with Gasteiger partial charge in [0.2, 0.25) is 5.95 Å². The molecule has 0 amide bonds. The fourth-order valence-electron chi connectivity index (χ4n) is 3.82. The molecule has 4 N–H and O–H groups in total. The summed E-state index contributed by atoms with van der Waals surface area (Å²) >= 11 is 0. The summed E-state index contributed by atoms with van der Waals surface area (Å²) in [5, 5.41) is 8.30. The molecule has 34 heavy (non-hydrogen) atoms. The van der Waals surface area contributed by atoms with Gasteiger partial charge in [-0.05, 0) is 65.4 Å². The first-order valence-electron chi connectivity index (χ1n) is 10.7. The number of H-pyrrole nitrogens is 2. The van der Waals surface area contributed by atoms with Gasteiger partial charge in [-0.1, -0.05) is 6.07 Å². The van der Waals surface area contributed by atoms with Crippen molar-refractivity contribution in [1.82, 2.24) is 19.9 Å². The van der Waals surface area contributed by atoms with Gasteiger partial charge >= 0.3 is 6.36 Å². The highest BCUT2D eigenvalue weighted by Crippen LogP contribution is 2.28. The van der Waals surface area contributed by atoms with E-state index in [0.29, 0.717) is 36.7 Å². The zero-order valence-corrected chi connectivity index (χ0v) is 17.9. The van der Waals surface area contributed by atoms with Crippen molar-refractivity contribution in [3.63, 3.8) is 0 Å². The van der Waals surface area contributed by atoms with Crippen molar-refractivity contribution < 1.29 is 17.9 Å². The minimum absolute atomic E-state index is 0.244. The van der Waals surface area contributed by atoms with Gasteiger partial charge in [0.05, 0.1) is 0 Å². The predicted molar refractivity (Wildman–Crippen MR) is 125 cm³/mol. The van der Waals surface area contributed by atoms with Crippen LogP contribution in [0.3, 0.4) is 0 Å². The Bertz CT molecular complexity index is 1430. The number of fused-ring (bicyclic) bond motifs is 2. The van der Waals surface area contributed by atoms with Crippen LogP contribution in [0.5, 0.6) is 5.75 Å². The second-order valence-electron chi connectivity index (χ2n) is 7.76. The van der Waals surface area contributed by atoms with Crippen LogP contribution in [0.25, 0.3) is 21.8 Å². The summed E-state index contributed by atoms with van der Waals surface area (Å²) in [7, 11) is 0. The van der Waals surface area contributed by atoms with E-state index in [-0.39, 0.29) is 5.75 Å². The van der Waals surface area contributed by atoms with Crippen LogP contribution in [-0.2, 0) is 13.0 Å². The van der Waals surface area contributed by atoms with E-state index >= 15 is 0 Å². The number of aromatic amines is 2. The lowest BCUT2D eigenvalue weighted by molar-refractivity contribution is -0.274. The number of nitrogens with zero attached hydrogens (tertiary/aromatic N) is 2. The van der Waals surface area contributed by atoms with Crippen molar-refractivity contribution in [3.8, 4) is 5.75 Å². The Morgan fingerprint density at radius 2 is 1.82 bits per heavy atom. The van der Waals surface area contributed by atoms with E-state index in [1.165, 1.54) is 12.1 Å². The molecule has 10 heteroatoms. The quantitative estimate of drug-likeness (QED) is 0.239. The van der Waals surface area contributed by atoms with Gasteiger partial charge in [-0.15, -0.1) is 13.2 Å². The normalized spacial score (nSPS) is 11.7. The number of hydrogen-bond acceptors (Lipinski definition) is 5. The summed E-state index contributed by atoms with van der Waals surface area (Å²) in [6.07, 6.45) is 1.20. The molecule has 0 aliphatic carbocycles. The minimum atomic E-state index is -4.73. The molecule has 0 bridgehead atoms. The van der Waals surface area contributed by atoms with Crippen molar-refractivity contribution in [1.29, 1.82) is 0 Å². The van der Waals surface area contributed by atoms with Gasteiger partial charge in [-0.2, -0.15) is 4.98 Å². The predicted octanol–water partition coefficient (Wildman–Crippen LogP) is 5.60. The van der Waals surface area contributed by atoms with Crippen LogP contribution < -0.4 is 15.4 Å². The van der Waals surface area contributed by atoms with Crippen LogP contribution in [0.1, 0.15) is 11.1 Å². The van der Waals surface area contributed by atoms with Crippen LogP contribution in [0.2, 0.25) is 0 Å². The largest absolute Gasteiger partial charge is 0.573 e. The van der Waals surface area contributed by atoms with Crippen molar-refractivity contribution in [3.05, 3.63) is 78.2 Å². The molecule has 5 aromatic rings. The summed E-state index contributed by atoms with van der Waals surface area (Å²) in [6, 6.07) is 14.3. The lowest BCUT2D eigenvalue weighted by Gasteiger charge is -2.10. The van der Waals surface area contributed by atoms with E-state index in [9.17, 15) is 13.2 Å². The average Bonchev–Trinajstić information content (AvgIpc) is 3.43. The summed E-state index contributed by atoms with van der Waals surface area (Å²) in [5.74, 6) is 0.909. The highest BCUT2D eigenvalue weighted by Gasteiger charge is 2.31. The fourth-order valence-corrected chi connectivity index (χ4v) is 3.82. The van der Waals surface area contributed by atoms with Gasteiger partial charge < -0.3 is 25.3 Å². The molecule has 0 radical (unpaired) electrons. The smallest absolute Gasteiger partial charge is 0.406 e. The molecular formula is C24H21F3N6O. The molecule has 3 heterocycles. The molecule has 0 saturated heterocycles. The molecule has 0 atom stereocenters. The number of rotatable bonds is 8. The first kappa shape index (κ1) is 21.6. The third-order valence-corrected chi connectivity index (χ3v) is 5.40. The molecular weight excluding hydrogens is 445 g/mol. The van der Waals surface area contributed by atoms with Gasteiger partial charge in [0.1, 0.15) is 11.6 Å². The number of alkyl halides is 3. The highest BCUT2D eigenvalue weighted by atomic mass is 19.4. The zero-order valence-electron chi connectivity index (χ0n) is 17.9. The summed E-state index contributed by atoms with van der Waals surface area (Å²) < 4.78 is 41.6. The Morgan fingerprint density at radius 3 is 2.71 bits per heavy atom. The maximum atomic E-state index is 12.5. The third kappa shape index (κ3) is 5.06. The lowest BCUT2D eigenvalue weighted by atomic mass is 10.1. The molecule has 0 unspecified atom stereocenters. The number of anilines is 2. The Morgan fingerprint density at radius 1 is 0.941 bits per heavy atom. The molecule has 0 aliphatic rings. The fraction of sp³-hybridized carbons (Fsp3) is 0.167. The van der Waals surface area contributed by atoms with Crippen LogP contribution >= 0.6 is 0 Å². The minimum Gasteiger partial charge on any atom is -0.406 e.